The third-order valence-corrected chi connectivity index (χ3v) is 5.56. The minimum Gasteiger partial charge on any atom is -0.382 e. The monoisotopic (exact) mass is 431 g/mol. The molecule has 10 heteroatoms. The SMILES string of the molecule is Nc1nccnc1C(=O)Nc1cnn(Cc2cccc(C(=O)NC=C3[C@H]4COC[C@@H]34)c2)c1. The summed E-state index contributed by atoms with van der Waals surface area (Å²) in [7, 11) is 0. The van der Waals surface area contributed by atoms with Crippen molar-refractivity contribution in [1.29, 1.82) is 0 Å². The van der Waals surface area contributed by atoms with E-state index in [2.05, 4.69) is 25.7 Å². The van der Waals surface area contributed by atoms with E-state index in [9.17, 15) is 9.59 Å². The molecule has 4 N–H and O–H groups in total. The molecule has 162 valence electrons. The van der Waals surface area contributed by atoms with Gasteiger partial charge in [-0.05, 0) is 23.3 Å². The van der Waals surface area contributed by atoms with Gasteiger partial charge >= 0.3 is 0 Å². The number of nitrogen functional groups attached to an aromatic ring is 1. The normalized spacial score (nSPS) is 20.1. The number of anilines is 2. The maximum absolute atomic E-state index is 12.5. The van der Waals surface area contributed by atoms with Crippen molar-refractivity contribution in [2.45, 2.75) is 6.54 Å². The van der Waals surface area contributed by atoms with Gasteiger partial charge in [0.15, 0.2) is 11.5 Å². The molecule has 0 unspecified atom stereocenters. The average Bonchev–Trinajstić information content (AvgIpc) is 3.12. The standard InChI is InChI=1S/C22H21N7O3/c23-20-19(24-4-5-25-20)22(31)28-15-7-27-29(10-15)9-13-2-1-3-14(6-13)21(30)26-8-16-17-11-32-12-18(16)17/h1-8,10,17-18H,9,11-12H2,(H2,23,25)(H,26,30)(H,28,31)/t17-,18+. The molecule has 3 heterocycles. The van der Waals surface area contributed by atoms with Gasteiger partial charge in [-0.25, -0.2) is 9.97 Å². The molecule has 1 saturated heterocycles. The number of ether oxygens (including phenoxy) is 1. The average molecular weight is 431 g/mol. The van der Waals surface area contributed by atoms with Crippen molar-refractivity contribution in [3.63, 3.8) is 0 Å². The van der Waals surface area contributed by atoms with E-state index in [0.717, 1.165) is 18.8 Å². The van der Waals surface area contributed by atoms with Crippen LogP contribution in [0, 0.1) is 11.8 Å². The molecule has 2 fully saturated rings. The lowest BCUT2D eigenvalue weighted by Gasteiger charge is -2.06. The van der Waals surface area contributed by atoms with Gasteiger partial charge in [0.2, 0.25) is 0 Å². The van der Waals surface area contributed by atoms with E-state index in [1.54, 1.807) is 16.9 Å². The first-order valence-corrected chi connectivity index (χ1v) is 10.2. The number of aromatic nitrogens is 4. The van der Waals surface area contributed by atoms with Crippen LogP contribution >= 0.6 is 0 Å². The number of hydrogen-bond donors (Lipinski definition) is 3. The second-order valence-electron chi connectivity index (χ2n) is 7.74. The number of carbonyl (C=O) groups is 2. The molecular weight excluding hydrogens is 410 g/mol. The predicted octanol–water partition coefficient (Wildman–Crippen LogP) is 1.45. The van der Waals surface area contributed by atoms with E-state index in [1.165, 1.54) is 24.2 Å². The molecule has 1 saturated carbocycles. The van der Waals surface area contributed by atoms with E-state index in [1.807, 2.05) is 24.4 Å². The van der Waals surface area contributed by atoms with Gasteiger partial charge in [-0.2, -0.15) is 5.10 Å². The van der Waals surface area contributed by atoms with Gasteiger partial charge in [-0.15, -0.1) is 0 Å². The highest BCUT2D eigenvalue weighted by atomic mass is 16.5. The fourth-order valence-electron chi connectivity index (χ4n) is 3.82. The van der Waals surface area contributed by atoms with Crippen molar-refractivity contribution >= 4 is 23.3 Å². The van der Waals surface area contributed by atoms with E-state index in [0.29, 0.717) is 29.6 Å². The van der Waals surface area contributed by atoms with Crippen molar-refractivity contribution in [3.8, 4) is 0 Å². The minimum atomic E-state index is -0.464. The summed E-state index contributed by atoms with van der Waals surface area (Å²) in [5.41, 5.74) is 8.97. The molecule has 1 aromatic carbocycles. The molecule has 2 aliphatic rings. The molecule has 0 bridgehead atoms. The van der Waals surface area contributed by atoms with Gasteiger partial charge < -0.3 is 21.1 Å². The van der Waals surface area contributed by atoms with Crippen molar-refractivity contribution in [2.75, 3.05) is 24.3 Å². The van der Waals surface area contributed by atoms with Crippen LogP contribution in [0.3, 0.4) is 0 Å². The maximum atomic E-state index is 12.5. The largest absolute Gasteiger partial charge is 0.382 e. The van der Waals surface area contributed by atoms with Gasteiger partial charge in [0, 0.05) is 42.2 Å². The molecule has 32 heavy (non-hydrogen) atoms. The lowest BCUT2D eigenvalue weighted by molar-refractivity contribution is 0.0968. The Hall–Kier alpha value is -4.05. The fourth-order valence-corrected chi connectivity index (χ4v) is 3.82. The molecule has 10 nitrogen and oxygen atoms in total. The molecule has 2 atom stereocenters. The number of amides is 2. The summed E-state index contributed by atoms with van der Waals surface area (Å²) < 4.78 is 7.02. The fraction of sp³-hybridized carbons (Fsp3) is 0.227. The summed E-state index contributed by atoms with van der Waals surface area (Å²) in [5.74, 6) is 0.388. The Balaban J connectivity index is 1.20. The third kappa shape index (κ3) is 4.08. The Bertz CT molecular complexity index is 1210. The van der Waals surface area contributed by atoms with Crippen LogP contribution in [0.2, 0.25) is 0 Å². The summed E-state index contributed by atoms with van der Waals surface area (Å²) in [5, 5.41) is 9.85. The molecule has 3 aromatic rings. The molecular formula is C22H21N7O3. The zero-order valence-corrected chi connectivity index (χ0v) is 17.1. The molecule has 1 aliphatic heterocycles. The first kappa shape index (κ1) is 19.9. The van der Waals surface area contributed by atoms with Crippen molar-refractivity contribution in [1.82, 2.24) is 25.1 Å². The number of benzene rings is 1. The number of nitrogens with one attached hydrogen (secondary N) is 2. The second kappa shape index (κ2) is 8.23. The lowest BCUT2D eigenvalue weighted by Crippen LogP contribution is -2.17. The van der Waals surface area contributed by atoms with Crippen LogP contribution in [0.1, 0.15) is 26.4 Å². The molecule has 2 aromatic heterocycles. The van der Waals surface area contributed by atoms with E-state index < -0.39 is 5.91 Å². The summed E-state index contributed by atoms with van der Waals surface area (Å²) in [4.78, 5) is 32.6. The van der Waals surface area contributed by atoms with Gasteiger partial charge in [-0.1, -0.05) is 12.1 Å². The lowest BCUT2D eigenvalue weighted by atomic mass is 10.1. The van der Waals surface area contributed by atoms with Gasteiger partial charge in [0.1, 0.15) is 0 Å². The smallest absolute Gasteiger partial charge is 0.278 e. The highest BCUT2D eigenvalue weighted by Gasteiger charge is 2.48. The summed E-state index contributed by atoms with van der Waals surface area (Å²) in [6.45, 7) is 1.94. The Morgan fingerprint density at radius 3 is 2.81 bits per heavy atom. The number of hydrogen-bond acceptors (Lipinski definition) is 7. The quantitative estimate of drug-likeness (QED) is 0.537. The zero-order valence-electron chi connectivity index (χ0n) is 17.1. The number of rotatable bonds is 6. The topological polar surface area (TPSA) is 137 Å². The number of nitrogens with zero attached hydrogens (tertiary/aromatic N) is 4. The summed E-state index contributed by atoms with van der Waals surface area (Å²) in [6.07, 6.45) is 7.86. The molecule has 2 amide bonds. The van der Waals surface area contributed by atoms with E-state index in [-0.39, 0.29) is 17.4 Å². The molecule has 0 spiro atoms. The second-order valence-corrected chi connectivity index (χ2v) is 7.74. The Morgan fingerprint density at radius 1 is 1.19 bits per heavy atom. The maximum Gasteiger partial charge on any atom is 0.278 e. The van der Waals surface area contributed by atoms with Crippen LogP contribution in [0.5, 0.6) is 0 Å². The highest BCUT2D eigenvalue weighted by molar-refractivity contribution is 6.05. The van der Waals surface area contributed by atoms with E-state index in [4.69, 9.17) is 10.5 Å². The van der Waals surface area contributed by atoms with Gasteiger partial charge in [0.05, 0.1) is 31.6 Å². The van der Waals surface area contributed by atoms with Crippen LogP contribution in [0.4, 0.5) is 11.5 Å². The van der Waals surface area contributed by atoms with Crippen molar-refractivity contribution in [3.05, 3.63) is 77.6 Å². The van der Waals surface area contributed by atoms with Gasteiger partial charge in [-0.3, -0.25) is 14.3 Å². The minimum absolute atomic E-state index is 0.0521. The Kier molecular flexibility index (Phi) is 5.12. The summed E-state index contributed by atoms with van der Waals surface area (Å²) >= 11 is 0. The first-order chi connectivity index (χ1) is 15.6. The molecule has 0 radical (unpaired) electrons. The number of carbonyl (C=O) groups excluding carboxylic acids is 2. The Labute approximate surface area is 183 Å². The number of nitrogens with two attached hydrogens (primary N) is 1. The van der Waals surface area contributed by atoms with Crippen LogP contribution in [0.15, 0.2) is 60.8 Å². The third-order valence-electron chi connectivity index (χ3n) is 5.56. The predicted molar refractivity (Wildman–Crippen MR) is 116 cm³/mol. The van der Waals surface area contributed by atoms with Gasteiger partial charge in [0.25, 0.3) is 11.8 Å². The van der Waals surface area contributed by atoms with Crippen LogP contribution < -0.4 is 16.4 Å². The van der Waals surface area contributed by atoms with Crippen LogP contribution in [-0.4, -0.2) is 44.8 Å². The molecule has 1 aliphatic carbocycles. The van der Waals surface area contributed by atoms with Crippen LogP contribution in [-0.2, 0) is 11.3 Å². The van der Waals surface area contributed by atoms with Crippen LogP contribution in [0.25, 0.3) is 0 Å². The van der Waals surface area contributed by atoms with Crippen molar-refractivity contribution in [2.24, 2.45) is 11.8 Å². The first-order valence-electron chi connectivity index (χ1n) is 10.2. The highest BCUT2D eigenvalue weighted by Crippen LogP contribution is 2.49. The van der Waals surface area contributed by atoms with E-state index >= 15 is 0 Å². The number of fused-ring (bicyclic) bond motifs is 1. The summed E-state index contributed by atoms with van der Waals surface area (Å²) in [6, 6.07) is 7.34. The Morgan fingerprint density at radius 2 is 2.00 bits per heavy atom. The zero-order chi connectivity index (χ0) is 22.1. The molecule has 5 rings (SSSR count). The van der Waals surface area contributed by atoms with Crippen molar-refractivity contribution < 1.29 is 14.3 Å².